The Balaban J connectivity index is 1.08. The SMILES string of the molecule is O=C1CCC(N2Cc3cc(C4CCN(Cc5ccc(N6CCCC6)cc5)CC4)c(F)cc3C2=O)C(=O)N1. The van der Waals surface area contributed by atoms with Crippen molar-refractivity contribution in [1.29, 1.82) is 0 Å². The number of likely N-dealkylation sites (tertiary alicyclic amines) is 1. The smallest absolute Gasteiger partial charge is 0.255 e. The van der Waals surface area contributed by atoms with Crippen LogP contribution in [0.4, 0.5) is 10.1 Å². The Labute approximate surface area is 216 Å². The molecule has 37 heavy (non-hydrogen) atoms. The molecule has 0 bridgehead atoms. The molecule has 4 aliphatic heterocycles. The van der Waals surface area contributed by atoms with Crippen LogP contribution in [0.2, 0.25) is 0 Å². The van der Waals surface area contributed by atoms with Crippen LogP contribution in [-0.2, 0) is 22.7 Å². The molecule has 4 heterocycles. The highest BCUT2D eigenvalue weighted by Gasteiger charge is 2.40. The molecular weight excluding hydrogens is 471 g/mol. The lowest BCUT2D eigenvalue weighted by molar-refractivity contribution is -0.136. The summed E-state index contributed by atoms with van der Waals surface area (Å²) in [5.41, 5.74) is 4.39. The van der Waals surface area contributed by atoms with Gasteiger partial charge in [0.1, 0.15) is 11.9 Å². The first kappa shape index (κ1) is 24.1. The summed E-state index contributed by atoms with van der Waals surface area (Å²) >= 11 is 0. The van der Waals surface area contributed by atoms with Gasteiger partial charge in [-0.15, -0.1) is 0 Å². The fraction of sp³-hybridized carbons (Fsp3) is 0.483. The average molecular weight is 505 g/mol. The molecule has 4 aliphatic rings. The number of nitrogens with one attached hydrogen (secondary N) is 1. The van der Waals surface area contributed by atoms with Crippen LogP contribution in [0.1, 0.15) is 71.5 Å². The molecule has 3 amide bonds. The first-order valence-electron chi connectivity index (χ1n) is 13.5. The largest absolute Gasteiger partial charge is 0.372 e. The van der Waals surface area contributed by atoms with E-state index in [0.717, 1.165) is 51.1 Å². The third-order valence-corrected chi connectivity index (χ3v) is 8.48. The molecule has 1 unspecified atom stereocenters. The van der Waals surface area contributed by atoms with E-state index in [4.69, 9.17) is 0 Å². The normalized spacial score (nSPS) is 23.1. The van der Waals surface area contributed by atoms with Crippen LogP contribution >= 0.6 is 0 Å². The summed E-state index contributed by atoms with van der Waals surface area (Å²) in [5, 5.41) is 2.31. The van der Waals surface area contributed by atoms with E-state index in [1.165, 1.54) is 35.1 Å². The number of carbonyl (C=O) groups excluding carboxylic acids is 3. The molecule has 6 rings (SSSR count). The third-order valence-electron chi connectivity index (χ3n) is 8.48. The van der Waals surface area contributed by atoms with Crippen molar-refractivity contribution in [2.24, 2.45) is 0 Å². The fourth-order valence-electron chi connectivity index (χ4n) is 6.37. The zero-order valence-corrected chi connectivity index (χ0v) is 21.0. The van der Waals surface area contributed by atoms with Gasteiger partial charge in [-0.3, -0.25) is 24.6 Å². The van der Waals surface area contributed by atoms with Gasteiger partial charge >= 0.3 is 0 Å². The van der Waals surface area contributed by atoms with Gasteiger partial charge in [0.15, 0.2) is 0 Å². The Bertz CT molecular complexity index is 1220. The van der Waals surface area contributed by atoms with Gasteiger partial charge in [-0.1, -0.05) is 18.2 Å². The van der Waals surface area contributed by atoms with Crippen LogP contribution < -0.4 is 10.2 Å². The average Bonchev–Trinajstić information content (AvgIpc) is 3.54. The minimum absolute atomic E-state index is 0.110. The maximum atomic E-state index is 15.2. The van der Waals surface area contributed by atoms with Gasteiger partial charge in [-0.05, 0) is 86.0 Å². The van der Waals surface area contributed by atoms with Crippen LogP contribution in [0.15, 0.2) is 36.4 Å². The Hall–Kier alpha value is -3.26. The number of hydrogen-bond acceptors (Lipinski definition) is 5. The highest BCUT2D eigenvalue weighted by atomic mass is 19.1. The maximum absolute atomic E-state index is 15.2. The van der Waals surface area contributed by atoms with E-state index in [9.17, 15) is 14.4 Å². The lowest BCUT2D eigenvalue weighted by Gasteiger charge is -2.32. The van der Waals surface area contributed by atoms with Crippen LogP contribution in [0, 0.1) is 5.82 Å². The Morgan fingerprint density at radius 3 is 2.35 bits per heavy atom. The summed E-state index contributed by atoms with van der Waals surface area (Å²) < 4.78 is 15.2. The molecule has 194 valence electrons. The Kier molecular flexibility index (Phi) is 6.44. The van der Waals surface area contributed by atoms with E-state index >= 15 is 4.39 Å². The van der Waals surface area contributed by atoms with Crippen molar-refractivity contribution in [3.63, 3.8) is 0 Å². The summed E-state index contributed by atoms with van der Waals surface area (Å²) in [6.45, 7) is 5.27. The molecule has 0 radical (unpaired) electrons. The summed E-state index contributed by atoms with van der Waals surface area (Å²) in [5.74, 6) is -1.33. The number of halogens is 1. The van der Waals surface area contributed by atoms with Gasteiger partial charge in [0.05, 0.1) is 0 Å². The van der Waals surface area contributed by atoms with Crippen molar-refractivity contribution in [1.82, 2.24) is 15.1 Å². The molecule has 1 atom stereocenters. The second kappa shape index (κ2) is 9.89. The van der Waals surface area contributed by atoms with E-state index in [1.807, 2.05) is 6.07 Å². The van der Waals surface area contributed by atoms with E-state index in [1.54, 1.807) is 0 Å². The van der Waals surface area contributed by atoms with Crippen molar-refractivity contribution in [3.05, 3.63) is 64.5 Å². The van der Waals surface area contributed by atoms with Gasteiger partial charge in [-0.2, -0.15) is 0 Å². The first-order chi connectivity index (χ1) is 18.0. The van der Waals surface area contributed by atoms with Gasteiger partial charge in [0, 0.05) is 43.9 Å². The molecule has 0 aromatic heterocycles. The van der Waals surface area contributed by atoms with E-state index in [-0.39, 0.29) is 36.5 Å². The lowest BCUT2D eigenvalue weighted by atomic mass is 9.87. The van der Waals surface area contributed by atoms with Crippen LogP contribution in [-0.4, -0.2) is 59.7 Å². The lowest BCUT2D eigenvalue weighted by Crippen LogP contribution is -2.52. The van der Waals surface area contributed by atoms with Crippen LogP contribution in [0.5, 0.6) is 0 Å². The van der Waals surface area contributed by atoms with Crippen LogP contribution in [0.3, 0.4) is 0 Å². The molecule has 3 fully saturated rings. The highest BCUT2D eigenvalue weighted by molar-refractivity contribution is 6.05. The standard InChI is InChI=1S/C29H33FN4O3/c30-25-16-24-21(18-34(29(24)37)26-7-8-27(35)31-28(26)36)15-23(25)20-9-13-32(14-10-20)17-19-3-5-22(6-4-19)33-11-1-2-12-33/h3-6,15-16,20,26H,1-2,7-14,17-18H2,(H,31,35,36). The summed E-state index contributed by atoms with van der Waals surface area (Å²) in [6.07, 6.45) is 4.79. The van der Waals surface area contributed by atoms with Gasteiger partial charge in [0.2, 0.25) is 11.8 Å². The minimum Gasteiger partial charge on any atom is -0.372 e. The molecular formula is C29H33FN4O3. The quantitative estimate of drug-likeness (QED) is 0.631. The second-order valence-electron chi connectivity index (χ2n) is 10.8. The predicted molar refractivity (Wildman–Crippen MR) is 138 cm³/mol. The van der Waals surface area contributed by atoms with Gasteiger partial charge in [0.25, 0.3) is 5.91 Å². The Morgan fingerprint density at radius 2 is 1.65 bits per heavy atom. The number of amides is 3. The molecule has 2 aromatic carbocycles. The number of hydrogen-bond donors (Lipinski definition) is 1. The van der Waals surface area contributed by atoms with E-state index in [2.05, 4.69) is 39.4 Å². The predicted octanol–water partition coefficient (Wildman–Crippen LogP) is 3.57. The number of piperidine rings is 2. The van der Waals surface area contributed by atoms with Crippen molar-refractivity contribution in [2.75, 3.05) is 31.1 Å². The summed E-state index contributed by atoms with van der Waals surface area (Å²) in [4.78, 5) is 43.1. The van der Waals surface area contributed by atoms with Crippen molar-refractivity contribution < 1.29 is 18.8 Å². The van der Waals surface area contributed by atoms with E-state index < -0.39 is 11.9 Å². The number of imide groups is 1. The molecule has 0 spiro atoms. The van der Waals surface area contributed by atoms with E-state index in [0.29, 0.717) is 17.5 Å². The maximum Gasteiger partial charge on any atom is 0.255 e. The molecule has 0 saturated carbocycles. The monoisotopic (exact) mass is 504 g/mol. The minimum atomic E-state index is -0.684. The van der Waals surface area contributed by atoms with Crippen molar-refractivity contribution >= 4 is 23.4 Å². The molecule has 8 heteroatoms. The fourth-order valence-corrected chi connectivity index (χ4v) is 6.37. The number of carbonyl (C=O) groups is 3. The molecule has 7 nitrogen and oxygen atoms in total. The highest BCUT2D eigenvalue weighted by Crippen LogP contribution is 2.36. The van der Waals surface area contributed by atoms with Crippen molar-refractivity contribution in [2.45, 2.75) is 63.6 Å². The van der Waals surface area contributed by atoms with Gasteiger partial charge in [-0.25, -0.2) is 4.39 Å². The number of fused-ring (bicyclic) bond motifs is 1. The third kappa shape index (κ3) is 4.75. The van der Waals surface area contributed by atoms with Gasteiger partial charge < -0.3 is 9.80 Å². The molecule has 0 aliphatic carbocycles. The molecule has 1 N–H and O–H groups in total. The topological polar surface area (TPSA) is 73.0 Å². The number of benzene rings is 2. The Morgan fingerprint density at radius 1 is 0.919 bits per heavy atom. The molecule has 3 saturated heterocycles. The zero-order valence-electron chi connectivity index (χ0n) is 21.0. The second-order valence-corrected chi connectivity index (χ2v) is 10.8. The number of rotatable bonds is 5. The zero-order chi connectivity index (χ0) is 25.5. The number of anilines is 1. The first-order valence-corrected chi connectivity index (χ1v) is 13.5. The number of nitrogens with zero attached hydrogens (tertiary/aromatic N) is 3. The summed E-state index contributed by atoms with van der Waals surface area (Å²) in [7, 11) is 0. The van der Waals surface area contributed by atoms with Crippen molar-refractivity contribution in [3.8, 4) is 0 Å². The van der Waals surface area contributed by atoms with Crippen LogP contribution in [0.25, 0.3) is 0 Å². The molecule has 2 aromatic rings. The summed E-state index contributed by atoms with van der Waals surface area (Å²) in [6, 6.07) is 11.4.